The molecule has 0 aliphatic rings. The first-order valence-corrected chi connectivity index (χ1v) is 8.28. The second kappa shape index (κ2) is 8.23. The van der Waals surface area contributed by atoms with Crippen LogP contribution in [-0.4, -0.2) is 20.6 Å². The average Bonchev–Trinajstić information content (AvgIpc) is 2.69. The summed E-state index contributed by atoms with van der Waals surface area (Å²) in [7, 11) is 0. The highest BCUT2D eigenvalue weighted by molar-refractivity contribution is 5.91. The van der Waals surface area contributed by atoms with Crippen LogP contribution in [0.1, 0.15) is 21.7 Å². The Labute approximate surface area is 159 Å². The van der Waals surface area contributed by atoms with Gasteiger partial charge in [0.25, 0.3) is 11.6 Å². The molecule has 1 N–H and O–H groups in total. The number of aromatic nitrogens is 2. The maximum absolute atomic E-state index is 12.3. The fourth-order valence-corrected chi connectivity index (χ4v) is 2.55. The number of amides is 1. The Morgan fingerprint density at radius 3 is 2.57 bits per heavy atom. The minimum absolute atomic E-state index is 0.108. The van der Waals surface area contributed by atoms with Crippen molar-refractivity contribution in [2.75, 3.05) is 0 Å². The van der Waals surface area contributed by atoms with Gasteiger partial charge in [0.05, 0.1) is 11.5 Å². The van der Waals surface area contributed by atoms with E-state index in [0.29, 0.717) is 5.69 Å². The first-order chi connectivity index (χ1) is 13.5. The number of carbonyl (C=O) groups excluding carboxylic acids is 1. The van der Waals surface area contributed by atoms with Crippen molar-refractivity contribution in [2.24, 2.45) is 0 Å². The van der Waals surface area contributed by atoms with Gasteiger partial charge in [-0.3, -0.25) is 24.5 Å². The molecule has 3 rings (SSSR count). The van der Waals surface area contributed by atoms with Crippen molar-refractivity contribution in [3.05, 3.63) is 98.0 Å². The van der Waals surface area contributed by atoms with E-state index in [1.54, 1.807) is 13.0 Å². The molecule has 0 radical (unpaired) electrons. The lowest BCUT2D eigenvalue weighted by Crippen LogP contribution is -2.32. The van der Waals surface area contributed by atoms with Crippen LogP contribution in [0.3, 0.4) is 0 Å². The van der Waals surface area contributed by atoms with Gasteiger partial charge in [0.1, 0.15) is 5.69 Å². The lowest BCUT2D eigenvalue weighted by molar-refractivity contribution is -0.384. The Morgan fingerprint density at radius 2 is 1.86 bits per heavy atom. The number of para-hydroxylation sites is 2. The molecular weight excluding hydrogens is 364 g/mol. The van der Waals surface area contributed by atoms with Gasteiger partial charge in [-0.15, -0.1) is 0 Å². The number of hydrogen-bond acceptors (Lipinski definition) is 6. The van der Waals surface area contributed by atoms with Crippen LogP contribution in [0.4, 0.5) is 5.69 Å². The molecule has 1 amide bonds. The molecule has 0 saturated carbocycles. The van der Waals surface area contributed by atoms with E-state index in [1.807, 2.05) is 30.3 Å². The minimum atomic E-state index is -0.840. The number of rotatable bonds is 6. The van der Waals surface area contributed by atoms with Gasteiger partial charge in [0.2, 0.25) is 5.43 Å². The van der Waals surface area contributed by atoms with Gasteiger partial charge in [-0.2, -0.15) is 5.10 Å². The molecule has 0 saturated heterocycles. The number of carbonyl (C=O) groups is 1. The van der Waals surface area contributed by atoms with Gasteiger partial charge in [0, 0.05) is 17.8 Å². The zero-order valence-electron chi connectivity index (χ0n) is 14.9. The van der Waals surface area contributed by atoms with E-state index < -0.39 is 22.0 Å². The molecule has 3 aromatic rings. The van der Waals surface area contributed by atoms with Crippen LogP contribution < -0.4 is 10.9 Å². The molecule has 9 nitrogen and oxygen atoms in total. The molecule has 142 valence electrons. The summed E-state index contributed by atoms with van der Waals surface area (Å²) in [6.07, 6.45) is 0. The molecule has 0 unspecified atom stereocenters. The molecule has 0 fully saturated rings. The smallest absolute Gasteiger partial charge is 0.287 e. The lowest BCUT2D eigenvalue weighted by atomic mass is 10.2. The number of aryl methyl sites for hydroxylation is 1. The highest BCUT2D eigenvalue weighted by atomic mass is 16.7. The highest BCUT2D eigenvalue weighted by Crippen LogP contribution is 2.22. The third kappa shape index (κ3) is 4.10. The monoisotopic (exact) mass is 380 g/mol. The number of benzene rings is 2. The Hall–Kier alpha value is -3.85. The topological polar surface area (TPSA) is 116 Å². The predicted molar refractivity (Wildman–Crippen MR) is 99.9 cm³/mol. The van der Waals surface area contributed by atoms with Crippen LogP contribution in [0.15, 0.2) is 65.5 Å². The Balaban J connectivity index is 1.87. The van der Waals surface area contributed by atoms with Gasteiger partial charge in [-0.05, 0) is 18.6 Å². The van der Waals surface area contributed by atoms with Crippen molar-refractivity contribution in [2.45, 2.75) is 13.5 Å². The van der Waals surface area contributed by atoms with Crippen molar-refractivity contribution < 1.29 is 14.6 Å². The molecule has 28 heavy (non-hydrogen) atoms. The maximum atomic E-state index is 12.3. The van der Waals surface area contributed by atoms with Crippen LogP contribution in [0.5, 0.6) is 0 Å². The largest absolute Gasteiger partial charge is 0.299 e. The van der Waals surface area contributed by atoms with Gasteiger partial charge in [-0.1, -0.05) is 42.5 Å². The summed E-state index contributed by atoms with van der Waals surface area (Å²) in [6.45, 7) is 1.68. The third-order valence-electron chi connectivity index (χ3n) is 3.88. The summed E-state index contributed by atoms with van der Waals surface area (Å²) in [5.41, 5.74) is 2.25. The zero-order valence-corrected chi connectivity index (χ0v) is 14.9. The fourth-order valence-electron chi connectivity index (χ4n) is 2.55. The number of hydroxylamine groups is 1. The van der Waals surface area contributed by atoms with E-state index >= 15 is 0 Å². The van der Waals surface area contributed by atoms with Crippen LogP contribution >= 0.6 is 0 Å². The van der Waals surface area contributed by atoms with Crippen LogP contribution in [0, 0.1) is 17.0 Å². The Bertz CT molecular complexity index is 1080. The van der Waals surface area contributed by atoms with Crippen LogP contribution in [-0.2, 0) is 11.4 Å². The Kier molecular flexibility index (Phi) is 5.56. The zero-order chi connectivity index (χ0) is 20.1. The molecule has 2 aromatic carbocycles. The summed E-state index contributed by atoms with van der Waals surface area (Å²) in [4.78, 5) is 40.4. The van der Waals surface area contributed by atoms with Crippen molar-refractivity contribution in [1.82, 2.24) is 15.3 Å². The molecule has 0 atom stereocenters. The van der Waals surface area contributed by atoms with Crippen LogP contribution in [0.25, 0.3) is 5.69 Å². The van der Waals surface area contributed by atoms with E-state index in [4.69, 9.17) is 4.84 Å². The van der Waals surface area contributed by atoms with E-state index in [-0.39, 0.29) is 18.0 Å². The van der Waals surface area contributed by atoms with E-state index in [0.717, 1.165) is 5.56 Å². The van der Waals surface area contributed by atoms with Crippen molar-refractivity contribution in [3.8, 4) is 5.69 Å². The number of nitro groups is 1. The first-order valence-electron chi connectivity index (χ1n) is 8.28. The van der Waals surface area contributed by atoms with Gasteiger partial charge in [0.15, 0.2) is 5.69 Å². The van der Waals surface area contributed by atoms with E-state index in [9.17, 15) is 19.7 Å². The molecule has 9 heteroatoms. The fraction of sp³-hybridized carbons (Fsp3) is 0.105. The van der Waals surface area contributed by atoms with Crippen molar-refractivity contribution >= 4 is 11.6 Å². The summed E-state index contributed by atoms with van der Waals surface area (Å²) >= 11 is 0. The maximum Gasteiger partial charge on any atom is 0.299 e. The minimum Gasteiger partial charge on any atom is -0.287 e. The second-order valence-electron chi connectivity index (χ2n) is 5.86. The number of nitro benzene ring substituents is 1. The highest BCUT2D eigenvalue weighted by Gasteiger charge is 2.20. The molecule has 1 heterocycles. The number of hydrogen-bond donors (Lipinski definition) is 1. The number of nitrogens with one attached hydrogen (secondary N) is 1. The first kappa shape index (κ1) is 18.9. The van der Waals surface area contributed by atoms with Crippen molar-refractivity contribution in [3.63, 3.8) is 0 Å². The molecule has 0 bridgehead atoms. The second-order valence-corrected chi connectivity index (χ2v) is 5.86. The van der Waals surface area contributed by atoms with Gasteiger partial charge >= 0.3 is 0 Å². The predicted octanol–water partition coefficient (Wildman–Crippen LogP) is 2.31. The van der Waals surface area contributed by atoms with Crippen LogP contribution in [0.2, 0.25) is 0 Å². The molecule has 1 aromatic heterocycles. The standard InChI is InChI=1S/C19H16N4O5/c1-13-11-17(24)18(19(25)21-28-12-14-7-3-2-4-8-14)20-22(13)15-9-5-6-10-16(15)23(26)27/h2-11H,12H2,1H3,(H,21,25). The summed E-state index contributed by atoms with van der Waals surface area (Å²) in [6, 6.07) is 16.2. The molecule has 0 aliphatic carbocycles. The molecule has 0 spiro atoms. The average molecular weight is 380 g/mol. The summed E-state index contributed by atoms with van der Waals surface area (Å²) in [5.74, 6) is -0.840. The van der Waals surface area contributed by atoms with Gasteiger partial charge < -0.3 is 0 Å². The summed E-state index contributed by atoms with van der Waals surface area (Å²) in [5, 5.41) is 15.3. The van der Waals surface area contributed by atoms with Crippen molar-refractivity contribution in [1.29, 1.82) is 0 Å². The van der Waals surface area contributed by atoms with E-state index in [2.05, 4.69) is 10.6 Å². The number of nitrogens with zero attached hydrogens (tertiary/aromatic N) is 3. The summed E-state index contributed by atoms with van der Waals surface area (Å²) < 4.78 is 1.19. The van der Waals surface area contributed by atoms with E-state index in [1.165, 1.54) is 28.9 Å². The Morgan fingerprint density at radius 1 is 1.18 bits per heavy atom. The third-order valence-corrected chi connectivity index (χ3v) is 3.88. The lowest BCUT2D eigenvalue weighted by Gasteiger charge is -2.11. The molecular formula is C19H16N4O5. The molecule has 0 aliphatic heterocycles. The normalized spacial score (nSPS) is 10.5. The quantitative estimate of drug-likeness (QED) is 0.518. The van der Waals surface area contributed by atoms with Gasteiger partial charge in [-0.25, -0.2) is 10.2 Å². The SMILES string of the molecule is Cc1cc(=O)c(C(=O)NOCc2ccccc2)nn1-c1ccccc1[N+](=O)[O-].